The van der Waals surface area contributed by atoms with Gasteiger partial charge in [0.2, 0.25) is 5.88 Å². The molecule has 1 aliphatic heterocycles. The fourth-order valence-corrected chi connectivity index (χ4v) is 2.29. The molecule has 2 N–H and O–H groups in total. The van der Waals surface area contributed by atoms with Crippen molar-refractivity contribution in [3.05, 3.63) is 17.8 Å². The van der Waals surface area contributed by atoms with Gasteiger partial charge in [-0.2, -0.15) is 17.7 Å². The van der Waals surface area contributed by atoms with E-state index in [-0.39, 0.29) is 17.5 Å². The molecule has 2 heterocycles. The van der Waals surface area contributed by atoms with Gasteiger partial charge in [0.25, 0.3) is 0 Å². The maximum absolute atomic E-state index is 6.14. The summed E-state index contributed by atoms with van der Waals surface area (Å²) in [5.74, 6) is 0.549. The Kier molecular flexibility index (Phi) is 4.42. The van der Waals surface area contributed by atoms with Crippen molar-refractivity contribution in [2.45, 2.75) is 37.8 Å². The van der Waals surface area contributed by atoms with Gasteiger partial charge in [0.1, 0.15) is 6.10 Å². The van der Waals surface area contributed by atoms with E-state index in [2.05, 4.69) is 34.6 Å². The summed E-state index contributed by atoms with van der Waals surface area (Å²) in [5, 5.41) is 8.21. The maximum Gasteiger partial charge on any atom is 0.233 e. The number of ether oxygens (including phenoxy) is 1. The van der Waals surface area contributed by atoms with Crippen LogP contribution in [-0.2, 0) is 0 Å². The maximum atomic E-state index is 6.14. The number of nitrogens with two attached hydrogens (primary N) is 1. The van der Waals surface area contributed by atoms with Crippen LogP contribution in [0.1, 0.15) is 19.0 Å². The SMILES string of the molecule is Cc1ccc(OC2CCN(C(C)S)CC2N)nn1. The third-order valence-electron chi connectivity index (χ3n) is 3.20. The van der Waals surface area contributed by atoms with Crippen LogP contribution in [0.4, 0.5) is 0 Å². The van der Waals surface area contributed by atoms with Gasteiger partial charge in [-0.15, -0.1) is 5.10 Å². The standard InChI is InChI=1S/C12H20N4OS/c1-8-3-4-12(15-14-8)17-11-5-6-16(9(2)18)7-10(11)13/h3-4,9-11,18H,5-7,13H2,1-2H3. The Morgan fingerprint density at radius 3 is 2.83 bits per heavy atom. The summed E-state index contributed by atoms with van der Waals surface area (Å²) in [4.78, 5) is 2.24. The summed E-state index contributed by atoms with van der Waals surface area (Å²) < 4.78 is 5.80. The molecule has 1 aromatic rings. The van der Waals surface area contributed by atoms with Crippen LogP contribution in [-0.4, -0.2) is 45.7 Å². The zero-order valence-electron chi connectivity index (χ0n) is 10.8. The summed E-state index contributed by atoms with van der Waals surface area (Å²) >= 11 is 4.43. The van der Waals surface area contributed by atoms with Gasteiger partial charge in [-0.25, -0.2) is 0 Å². The van der Waals surface area contributed by atoms with Crippen LogP contribution in [0.3, 0.4) is 0 Å². The molecule has 1 fully saturated rings. The van der Waals surface area contributed by atoms with Crippen molar-refractivity contribution in [3.63, 3.8) is 0 Å². The molecule has 5 nitrogen and oxygen atoms in total. The number of aryl methyl sites for hydroxylation is 1. The topological polar surface area (TPSA) is 64.3 Å². The highest BCUT2D eigenvalue weighted by Crippen LogP contribution is 2.18. The van der Waals surface area contributed by atoms with Crippen molar-refractivity contribution < 1.29 is 4.74 Å². The zero-order chi connectivity index (χ0) is 13.1. The Hall–Kier alpha value is -0.850. The first-order valence-corrected chi connectivity index (χ1v) is 6.72. The number of thiol groups is 1. The lowest BCUT2D eigenvalue weighted by Crippen LogP contribution is -2.54. The molecular weight excluding hydrogens is 248 g/mol. The molecule has 18 heavy (non-hydrogen) atoms. The Morgan fingerprint density at radius 1 is 1.50 bits per heavy atom. The number of rotatable bonds is 3. The summed E-state index contributed by atoms with van der Waals surface area (Å²) in [5.41, 5.74) is 7.02. The zero-order valence-corrected chi connectivity index (χ0v) is 11.7. The van der Waals surface area contributed by atoms with E-state index in [1.165, 1.54) is 0 Å². The lowest BCUT2D eigenvalue weighted by molar-refractivity contribution is 0.0737. The van der Waals surface area contributed by atoms with Crippen molar-refractivity contribution >= 4 is 12.6 Å². The molecule has 0 radical (unpaired) electrons. The van der Waals surface area contributed by atoms with E-state index in [0.29, 0.717) is 5.88 Å². The molecule has 6 heteroatoms. The number of hydrogen-bond acceptors (Lipinski definition) is 6. The third kappa shape index (κ3) is 3.34. The van der Waals surface area contributed by atoms with E-state index in [4.69, 9.17) is 10.5 Å². The minimum atomic E-state index is -0.0172. The molecule has 0 aromatic carbocycles. The first kappa shape index (κ1) is 13.6. The fraction of sp³-hybridized carbons (Fsp3) is 0.667. The second-order valence-corrected chi connectivity index (χ2v) is 5.50. The first-order chi connectivity index (χ1) is 8.56. The highest BCUT2D eigenvalue weighted by Gasteiger charge is 2.29. The molecule has 1 saturated heterocycles. The average Bonchev–Trinajstić information content (AvgIpc) is 2.34. The molecule has 3 unspecified atom stereocenters. The van der Waals surface area contributed by atoms with E-state index in [1.54, 1.807) is 0 Å². The van der Waals surface area contributed by atoms with E-state index >= 15 is 0 Å². The third-order valence-corrected chi connectivity index (χ3v) is 3.52. The molecule has 0 spiro atoms. The number of likely N-dealkylation sites (tertiary alicyclic amines) is 1. The fourth-order valence-electron chi connectivity index (χ4n) is 2.08. The molecule has 0 saturated carbocycles. The predicted octanol–water partition coefficient (Wildman–Crippen LogP) is 0.841. The Labute approximate surface area is 113 Å². The van der Waals surface area contributed by atoms with Crippen molar-refractivity contribution in [1.29, 1.82) is 0 Å². The first-order valence-electron chi connectivity index (χ1n) is 6.21. The largest absolute Gasteiger partial charge is 0.472 e. The van der Waals surface area contributed by atoms with Crippen LogP contribution >= 0.6 is 12.6 Å². The number of piperidine rings is 1. The van der Waals surface area contributed by atoms with Crippen molar-refractivity contribution in [2.75, 3.05) is 13.1 Å². The normalized spacial score (nSPS) is 26.9. The number of nitrogens with zero attached hydrogens (tertiary/aromatic N) is 3. The number of aromatic nitrogens is 2. The van der Waals surface area contributed by atoms with Gasteiger partial charge in [-0.3, -0.25) is 4.90 Å². The number of hydrogen-bond donors (Lipinski definition) is 2. The lowest BCUT2D eigenvalue weighted by Gasteiger charge is -2.37. The average molecular weight is 268 g/mol. The molecular formula is C12H20N4OS. The molecule has 0 bridgehead atoms. The van der Waals surface area contributed by atoms with E-state index in [1.807, 2.05) is 19.1 Å². The van der Waals surface area contributed by atoms with Gasteiger partial charge in [0, 0.05) is 24.5 Å². The Morgan fingerprint density at radius 2 is 2.28 bits per heavy atom. The minimum Gasteiger partial charge on any atom is -0.472 e. The van der Waals surface area contributed by atoms with Crippen LogP contribution < -0.4 is 10.5 Å². The Bertz CT molecular complexity index is 384. The minimum absolute atomic E-state index is 0.00494. The van der Waals surface area contributed by atoms with E-state index in [0.717, 1.165) is 25.2 Å². The summed E-state index contributed by atoms with van der Waals surface area (Å²) in [7, 11) is 0. The van der Waals surface area contributed by atoms with Gasteiger partial charge in [-0.1, -0.05) is 0 Å². The molecule has 3 atom stereocenters. The molecule has 1 aliphatic rings. The predicted molar refractivity (Wildman–Crippen MR) is 73.8 cm³/mol. The summed E-state index contributed by atoms with van der Waals surface area (Å²) in [6.45, 7) is 5.70. The van der Waals surface area contributed by atoms with Gasteiger partial charge in [0.15, 0.2) is 0 Å². The lowest BCUT2D eigenvalue weighted by atomic mass is 10.0. The van der Waals surface area contributed by atoms with Crippen LogP contribution in [0.5, 0.6) is 5.88 Å². The van der Waals surface area contributed by atoms with Crippen LogP contribution in [0, 0.1) is 6.92 Å². The highest BCUT2D eigenvalue weighted by molar-refractivity contribution is 7.80. The quantitative estimate of drug-likeness (QED) is 0.795. The van der Waals surface area contributed by atoms with Crippen molar-refractivity contribution in [2.24, 2.45) is 5.73 Å². The van der Waals surface area contributed by atoms with Crippen molar-refractivity contribution in [3.8, 4) is 5.88 Å². The van der Waals surface area contributed by atoms with Crippen LogP contribution in [0.15, 0.2) is 12.1 Å². The highest BCUT2D eigenvalue weighted by atomic mass is 32.1. The van der Waals surface area contributed by atoms with Crippen LogP contribution in [0.2, 0.25) is 0 Å². The summed E-state index contributed by atoms with van der Waals surface area (Å²) in [6, 6.07) is 3.71. The second-order valence-electron chi connectivity index (χ2n) is 4.75. The Balaban J connectivity index is 1.93. The monoisotopic (exact) mass is 268 g/mol. The van der Waals surface area contributed by atoms with E-state index in [9.17, 15) is 0 Å². The van der Waals surface area contributed by atoms with Gasteiger partial charge < -0.3 is 10.5 Å². The summed E-state index contributed by atoms with van der Waals surface area (Å²) in [6.07, 6.45) is 0.895. The van der Waals surface area contributed by atoms with E-state index < -0.39 is 0 Å². The molecule has 1 aromatic heterocycles. The van der Waals surface area contributed by atoms with Crippen LogP contribution in [0.25, 0.3) is 0 Å². The molecule has 0 aliphatic carbocycles. The smallest absolute Gasteiger partial charge is 0.233 e. The molecule has 100 valence electrons. The molecule has 0 amide bonds. The van der Waals surface area contributed by atoms with Crippen molar-refractivity contribution in [1.82, 2.24) is 15.1 Å². The second kappa shape index (κ2) is 5.86. The van der Waals surface area contributed by atoms with Gasteiger partial charge >= 0.3 is 0 Å². The van der Waals surface area contributed by atoms with Gasteiger partial charge in [0.05, 0.1) is 11.7 Å². The molecule has 2 rings (SSSR count). The van der Waals surface area contributed by atoms with Gasteiger partial charge in [-0.05, 0) is 26.3 Å².